The lowest BCUT2D eigenvalue weighted by Crippen LogP contribution is -2.47. The van der Waals surface area contributed by atoms with Crippen LogP contribution in [0, 0.1) is 11.8 Å². The zero-order valence-electron chi connectivity index (χ0n) is 17.9. The SMILES string of the molecule is CC(C)[C@@H](CNC(=O)C1CCN(S(=O)(=O)c2cc(C(N)=O)n(C)c2)CC1)N(C)C. The number of carbonyl (C=O) groups excluding carboxylic acids is 2. The number of likely N-dealkylation sites (N-methyl/N-ethyl adjacent to an activating group) is 1. The van der Waals surface area contributed by atoms with Gasteiger partial charge in [-0.25, -0.2) is 8.42 Å². The van der Waals surface area contributed by atoms with Crippen LogP contribution < -0.4 is 11.1 Å². The number of nitrogens with zero attached hydrogens (tertiary/aromatic N) is 3. The van der Waals surface area contributed by atoms with E-state index in [0.29, 0.717) is 25.3 Å². The predicted octanol–water partition coefficient (Wildman–Crippen LogP) is 0.227. The molecule has 1 atom stereocenters. The smallest absolute Gasteiger partial charge is 0.265 e. The number of amides is 2. The van der Waals surface area contributed by atoms with E-state index in [1.165, 1.54) is 21.1 Å². The third-order valence-corrected chi connectivity index (χ3v) is 7.48. The summed E-state index contributed by atoms with van der Waals surface area (Å²) < 4.78 is 28.5. The first kappa shape index (κ1) is 23.4. The highest BCUT2D eigenvalue weighted by atomic mass is 32.2. The van der Waals surface area contributed by atoms with Crippen molar-refractivity contribution >= 4 is 21.8 Å². The molecular weight excluding hydrogens is 394 g/mol. The normalized spacial score (nSPS) is 17.6. The molecule has 3 N–H and O–H groups in total. The second kappa shape index (κ2) is 9.27. The second-order valence-electron chi connectivity index (χ2n) is 8.23. The molecule has 164 valence electrons. The van der Waals surface area contributed by atoms with Gasteiger partial charge in [-0.2, -0.15) is 4.31 Å². The van der Waals surface area contributed by atoms with Gasteiger partial charge in [0.25, 0.3) is 5.91 Å². The van der Waals surface area contributed by atoms with Crippen LogP contribution in [0.4, 0.5) is 0 Å². The molecule has 1 aromatic rings. The van der Waals surface area contributed by atoms with Gasteiger partial charge >= 0.3 is 0 Å². The first-order valence-electron chi connectivity index (χ1n) is 9.85. The Morgan fingerprint density at radius 3 is 2.31 bits per heavy atom. The van der Waals surface area contributed by atoms with E-state index in [1.807, 2.05) is 14.1 Å². The van der Waals surface area contributed by atoms with Crippen molar-refractivity contribution in [1.29, 1.82) is 0 Å². The molecule has 1 aromatic heterocycles. The van der Waals surface area contributed by atoms with E-state index in [1.54, 1.807) is 7.05 Å². The summed E-state index contributed by atoms with van der Waals surface area (Å²) in [7, 11) is 1.84. The molecule has 0 unspecified atom stereocenters. The molecule has 10 heteroatoms. The van der Waals surface area contributed by atoms with Crippen LogP contribution in [0.25, 0.3) is 0 Å². The summed E-state index contributed by atoms with van der Waals surface area (Å²) >= 11 is 0. The Kier molecular flexibility index (Phi) is 7.47. The predicted molar refractivity (Wildman–Crippen MR) is 111 cm³/mol. The number of hydrogen-bond acceptors (Lipinski definition) is 5. The number of piperidine rings is 1. The van der Waals surface area contributed by atoms with Crippen molar-refractivity contribution in [3.63, 3.8) is 0 Å². The van der Waals surface area contributed by atoms with Crippen LogP contribution in [0.1, 0.15) is 37.2 Å². The first-order chi connectivity index (χ1) is 13.4. The lowest BCUT2D eigenvalue weighted by atomic mass is 9.96. The molecule has 0 radical (unpaired) electrons. The number of hydrogen-bond donors (Lipinski definition) is 2. The first-order valence-corrected chi connectivity index (χ1v) is 11.3. The number of rotatable bonds is 8. The zero-order valence-corrected chi connectivity index (χ0v) is 18.7. The molecule has 9 nitrogen and oxygen atoms in total. The topological polar surface area (TPSA) is 118 Å². The quantitative estimate of drug-likeness (QED) is 0.616. The van der Waals surface area contributed by atoms with Crippen molar-refractivity contribution < 1.29 is 18.0 Å². The van der Waals surface area contributed by atoms with E-state index in [9.17, 15) is 18.0 Å². The molecule has 29 heavy (non-hydrogen) atoms. The van der Waals surface area contributed by atoms with Gasteiger partial charge in [0.1, 0.15) is 10.6 Å². The van der Waals surface area contributed by atoms with Gasteiger partial charge in [-0.1, -0.05) is 13.8 Å². The standard InChI is InChI=1S/C19H33N5O4S/c1-13(2)17(22(3)4)11-21-19(26)14-6-8-24(9-7-14)29(27,28)15-10-16(18(20)25)23(5)12-15/h10,12-14,17H,6-9,11H2,1-5H3,(H2,20,25)(H,21,26)/t17-/m1/s1. The third kappa shape index (κ3) is 5.37. The molecule has 0 aliphatic carbocycles. The van der Waals surface area contributed by atoms with Gasteiger partial charge in [-0.15, -0.1) is 0 Å². The largest absolute Gasteiger partial charge is 0.364 e. The average molecular weight is 428 g/mol. The number of aromatic nitrogens is 1. The molecule has 0 bridgehead atoms. The van der Waals surface area contributed by atoms with Crippen LogP contribution in [0.3, 0.4) is 0 Å². The summed E-state index contributed by atoms with van der Waals surface area (Å²) in [6.07, 6.45) is 2.32. The Hall–Kier alpha value is -1.91. The van der Waals surface area contributed by atoms with Crippen LogP contribution in [-0.2, 0) is 21.9 Å². The number of aryl methyl sites for hydroxylation is 1. The van der Waals surface area contributed by atoms with E-state index < -0.39 is 15.9 Å². The number of nitrogens with one attached hydrogen (secondary N) is 1. The zero-order chi connectivity index (χ0) is 21.9. The summed E-state index contributed by atoms with van der Waals surface area (Å²) in [5.74, 6) is -0.492. The van der Waals surface area contributed by atoms with Gasteiger partial charge in [-0.3, -0.25) is 9.59 Å². The Balaban J connectivity index is 1.96. The fourth-order valence-corrected chi connectivity index (χ4v) is 5.33. The highest BCUT2D eigenvalue weighted by Gasteiger charge is 2.33. The minimum Gasteiger partial charge on any atom is -0.364 e. The molecule has 1 fully saturated rings. The summed E-state index contributed by atoms with van der Waals surface area (Å²) in [4.78, 5) is 26.1. The highest BCUT2D eigenvalue weighted by Crippen LogP contribution is 2.25. The minimum atomic E-state index is -3.73. The molecule has 1 aliphatic rings. The molecule has 2 amide bonds. The van der Waals surface area contributed by atoms with Gasteiger partial charge < -0.3 is 20.5 Å². The molecular formula is C19H33N5O4S. The van der Waals surface area contributed by atoms with Gasteiger partial charge in [-0.05, 0) is 38.9 Å². The number of primary amides is 1. The van der Waals surface area contributed by atoms with E-state index in [2.05, 4.69) is 24.1 Å². The van der Waals surface area contributed by atoms with Gasteiger partial charge in [0.05, 0.1) is 0 Å². The van der Waals surface area contributed by atoms with E-state index >= 15 is 0 Å². The molecule has 0 saturated carbocycles. The minimum absolute atomic E-state index is 0.0229. The van der Waals surface area contributed by atoms with E-state index in [0.717, 1.165) is 0 Å². The molecule has 2 heterocycles. The fourth-order valence-electron chi connectivity index (χ4n) is 3.79. The van der Waals surface area contributed by atoms with Crippen molar-refractivity contribution in [2.45, 2.75) is 37.6 Å². The lowest BCUT2D eigenvalue weighted by Gasteiger charge is -2.32. The third-order valence-electron chi connectivity index (χ3n) is 5.61. The monoisotopic (exact) mass is 427 g/mol. The maximum absolute atomic E-state index is 12.9. The molecule has 1 aliphatic heterocycles. The molecule has 2 rings (SSSR count). The molecule has 0 spiro atoms. The van der Waals surface area contributed by atoms with Gasteiger partial charge in [0, 0.05) is 44.8 Å². The van der Waals surface area contributed by atoms with Crippen LogP contribution in [0.2, 0.25) is 0 Å². The maximum atomic E-state index is 12.9. The van der Waals surface area contributed by atoms with Gasteiger partial charge in [0.2, 0.25) is 15.9 Å². The summed E-state index contributed by atoms with van der Waals surface area (Å²) in [6.45, 7) is 5.34. The Morgan fingerprint density at radius 1 is 1.28 bits per heavy atom. The fraction of sp³-hybridized carbons (Fsp3) is 0.684. The number of sulfonamides is 1. The Labute approximate surface area is 173 Å². The van der Waals surface area contributed by atoms with Gasteiger partial charge in [0.15, 0.2) is 0 Å². The molecule has 1 saturated heterocycles. The molecule has 0 aromatic carbocycles. The van der Waals surface area contributed by atoms with Crippen molar-refractivity contribution in [2.24, 2.45) is 24.6 Å². The summed E-state index contributed by atoms with van der Waals surface area (Å²) in [5.41, 5.74) is 5.41. The lowest BCUT2D eigenvalue weighted by molar-refractivity contribution is -0.126. The highest BCUT2D eigenvalue weighted by molar-refractivity contribution is 7.89. The van der Waals surface area contributed by atoms with Crippen molar-refractivity contribution in [3.05, 3.63) is 18.0 Å². The average Bonchev–Trinajstić information content (AvgIpc) is 3.04. The second-order valence-corrected chi connectivity index (χ2v) is 10.2. The number of nitrogens with two attached hydrogens (primary N) is 1. The van der Waals surface area contributed by atoms with Crippen LogP contribution >= 0.6 is 0 Å². The van der Waals surface area contributed by atoms with Crippen molar-refractivity contribution in [1.82, 2.24) is 19.1 Å². The Bertz CT molecular complexity index is 831. The van der Waals surface area contributed by atoms with Crippen LogP contribution in [-0.4, -0.2) is 73.8 Å². The van der Waals surface area contributed by atoms with Crippen molar-refractivity contribution in [2.75, 3.05) is 33.7 Å². The van der Waals surface area contributed by atoms with E-state index in [-0.39, 0.29) is 41.5 Å². The van der Waals surface area contributed by atoms with Crippen molar-refractivity contribution in [3.8, 4) is 0 Å². The van der Waals surface area contributed by atoms with E-state index in [4.69, 9.17) is 5.73 Å². The summed E-state index contributed by atoms with van der Waals surface area (Å²) in [5, 5.41) is 3.02. The van der Waals surface area contributed by atoms with Crippen LogP contribution in [0.5, 0.6) is 0 Å². The number of carbonyl (C=O) groups is 2. The summed E-state index contributed by atoms with van der Waals surface area (Å²) in [6, 6.07) is 1.54. The van der Waals surface area contributed by atoms with Crippen LogP contribution in [0.15, 0.2) is 17.2 Å². The maximum Gasteiger partial charge on any atom is 0.265 e. The Morgan fingerprint density at radius 2 is 1.86 bits per heavy atom.